The molecule has 1 aliphatic rings. The Labute approximate surface area is 148 Å². The van der Waals surface area contributed by atoms with Crippen molar-refractivity contribution in [3.05, 3.63) is 71.3 Å². The molecule has 1 atom stereocenters. The fourth-order valence-corrected chi connectivity index (χ4v) is 3.10. The lowest BCUT2D eigenvalue weighted by atomic mass is 10.0. The van der Waals surface area contributed by atoms with Gasteiger partial charge in [0.2, 0.25) is 5.91 Å². The van der Waals surface area contributed by atoms with Gasteiger partial charge in [0.1, 0.15) is 0 Å². The van der Waals surface area contributed by atoms with Gasteiger partial charge in [-0.1, -0.05) is 49.4 Å². The molecule has 4 nitrogen and oxygen atoms in total. The Bertz CT molecular complexity index is 725. The van der Waals surface area contributed by atoms with E-state index < -0.39 is 0 Å². The molecule has 0 aromatic heterocycles. The molecule has 1 aliphatic heterocycles. The minimum atomic E-state index is -0.0634. The third-order valence-electron chi connectivity index (χ3n) is 4.70. The summed E-state index contributed by atoms with van der Waals surface area (Å²) in [6.45, 7) is 4.17. The lowest BCUT2D eigenvalue weighted by Crippen LogP contribution is -2.27. The predicted octanol–water partition coefficient (Wildman–Crippen LogP) is 3.34. The predicted molar refractivity (Wildman–Crippen MR) is 98.3 cm³/mol. The molecular weight excluding hydrogens is 312 g/mol. The van der Waals surface area contributed by atoms with Crippen LogP contribution in [0.3, 0.4) is 0 Å². The van der Waals surface area contributed by atoms with E-state index in [2.05, 4.69) is 24.4 Å². The maximum absolute atomic E-state index is 12.3. The maximum atomic E-state index is 12.3. The minimum Gasteiger partial charge on any atom is -0.351 e. The third-order valence-corrected chi connectivity index (χ3v) is 4.70. The molecular formula is C21H24N2O2. The van der Waals surface area contributed by atoms with Gasteiger partial charge >= 0.3 is 0 Å². The number of benzene rings is 2. The van der Waals surface area contributed by atoms with Crippen LogP contribution >= 0.6 is 0 Å². The zero-order valence-electron chi connectivity index (χ0n) is 14.6. The SMILES string of the molecule is C[C@@H](CNC(=O)c1ccc(CN2CCCC2=O)cc1)c1ccccc1. The third kappa shape index (κ3) is 4.47. The molecule has 1 heterocycles. The molecule has 0 spiro atoms. The normalized spacial score (nSPS) is 15.2. The van der Waals surface area contributed by atoms with E-state index >= 15 is 0 Å². The molecule has 2 aromatic rings. The lowest BCUT2D eigenvalue weighted by Gasteiger charge is -2.16. The topological polar surface area (TPSA) is 49.4 Å². The van der Waals surface area contributed by atoms with Crippen molar-refractivity contribution >= 4 is 11.8 Å². The van der Waals surface area contributed by atoms with Gasteiger partial charge in [0.05, 0.1) is 0 Å². The number of carbonyl (C=O) groups excluding carboxylic acids is 2. The van der Waals surface area contributed by atoms with Crippen LogP contribution in [0.2, 0.25) is 0 Å². The fraction of sp³-hybridized carbons (Fsp3) is 0.333. The van der Waals surface area contributed by atoms with E-state index in [0.717, 1.165) is 18.5 Å². The summed E-state index contributed by atoms with van der Waals surface area (Å²) in [5.41, 5.74) is 2.93. The summed E-state index contributed by atoms with van der Waals surface area (Å²) in [6, 6.07) is 17.7. The quantitative estimate of drug-likeness (QED) is 0.879. The van der Waals surface area contributed by atoms with Crippen LogP contribution in [0.15, 0.2) is 54.6 Å². The van der Waals surface area contributed by atoms with E-state index in [1.807, 2.05) is 47.4 Å². The Morgan fingerprint density at radius 2 is 1.84 bits per heavy atom. The Kier molecular flexibility index (Phi) is 5.49. The fourth-order valence-electron chi connectivity index (χ4n) is 3.10. The molecule has 3 rings (SSSR count). The number of hydrogen-bond donors (Lipinski definition) is 1. The highest BCUT2D eigenvalue weighted by Crippen LogP contribution is 2.16. The van der Waals surface area contributed by atoms with Crippen LogP contribution < -0.4 is 5.32 Å². The summed E-state index contributed by atoms with van der Waals surface area (Å²) in [6.07, 6.45) is 1.60. The molecule has 1 saturated heterocycles. The van der Waals surface area contributed by atoms with Gasteiger partial charge in [0, 0.05) is 31.6 Å². The Hall–Kier alpha value is -2.62. The number of likely N-dealkylation sites (tertiary alicyclic amines) is 1. The van der Waals surface area contributed by atoms with Gasteiger partial charge in [0.15, 0.2) is 0 Å². The number of rotatable bonds is 6. The van der Waals surface area contributed by atoms with Crippen LogP contribution in [-0.4, -0.2) is 29.8 Å². The van der Waals surface area contributed by atoms with Crippen molar-refractivity contribution < 1.29 is 9.59 Å². The van der Waals surface area contributed by atoms with Crippen LogP contribution in [0.25, 0.3) is 0 Å². The van der Waals surface area contributed by atoms with E-state index in [4.69, 9.17) is 0 Å². The monoisotopic (exact) mass is 336 g/mol. The number of amides is 2. The van der Waals surface area contributed by atoms with E-state index in [1.165, 1.54) is 5.56 Å². The Morgan fingerprint density at radius 3 is 2.48 bits per heavy atom. The molecule has 2 aromatic carbocycles. The summed E-state index contributed by atoms with van der Waals surface area (Å²) in [7, 11) is 0. The first-order valence-electron chi connectivity index (χ1n) is 8.83. The highest BCUT2D eigenvalue weighted by atomic mass is 16.2. The molecule has 0 bridgehead atoms. The van der Waals surface area contributed by atoms with Crippen LogP contribution in [0.4, 0.5) is 0 Å². The van der Waals surface area contributed by atoms with Crippen molar-refractivity contribution in [1.29, 1.82) is 0 Å². The molecule has 0 aliphatic carbocycles. The number of nitrogens with zero attached hydrogens (tertiary/aromatic N) is 1. The van der Waals surface area contributed by atoms with E-state index in [0.29, 0.717) is 25.1 Å². The number of hydrogen-bond acceptors (Lipinski definition) is 2. The van der Waals surface area contributed by atoms with E-state index in [9.17, 15) is 9.59 Å². The van der Waals surface area contributed by atoms with Crippen molar-refractivity contribution in [1.82, 2.24) is 10.2 Å². The first-order valence-corrected chi connectivity index (χ1v) is 8.83. The second-order valence-electron chi connectivity index (χ2n) is 6.64. The molecule has 25 heavy (non-hydrogen) atoms. The Morgan fingerprint density at radius 1 is 1.12 bits per heavy atom. The maximum Gasteiger partial charge on any atom is 0.251 e. The molecule has 0 radical (unpaired) electrons. The van der Waals surface area contributed by atoms with Crippen LogP contribution in [0.5, 0.6) is 0 Å². The average Bonchev–Trinajstić information content (AvgIpc) is 3.05. The zero-order valence-corrected chi connectivity index (χ0v) is 14.6. The van der Waals surface area contributed by atoms with Crippen molar-refractivity contribution in [3.8, 4) is 0 Å². The van der Waals surface area contributed by atoms with Crippen molar-refractivity contribution in [2.45, 2.75) is 32.2 Å². The lowest BCUT2D eigenvalue weighted by molar-refractivity contribution is -0.128. The second-order valence-corrected chi connectivity index (χ2v) is 6.64. The van der Waals surface area contributed by atoms with Gasteiger partial charge in [-0.25, -0.2) is 0 Å². The van der Waals surface area contributed by atoms with Crippen molar-refractivity contribution in [2.75, 3.05) is 13.1 Å². The standard InChI is InChI=1S/C21H24N2O2/c1-16(18-6-3-2-4-7-18)14-22-21(25)19-11-9-17(10-12-19)15-23-13-5-8-20(23)24/h2-4,6-7,9-12,16H,5,8,13-15H2,1H3,(H,22,25)/t16-/m0/s1. The number of nitrogens with one attached hydrogen (secondary N) is 1. The van der Waals surface area contributed by atoms with Crippen LogP contribution in [0.1, 0.15) is 47.2 Å². The van der Waals surface area contributed by atoms with Gasteiger partial charge in [0.25, 0.3) is 5.91 Å². The summed E-state index contributed by atoms with van der Waals surface area (Å²) in [4.78, 5) is 25.9. The van der Waals surface area contributed by atoms with Crippen molar-refractivity contribution in [2.24, 2.45) is 0 Å². The Balaban J connectivity index is 1.53. The molecule has 2 amide bonds. The van der Waals surface area contributed by atoms with Gasteiger partial charge in [-0.05, 0) is 35.6 Å². The average molecular weight is 336 g/mol. The first-order chi connectivity index (χ1) is 12.1. The molecule has 1 N–H and O–H groups in total. The molecule has 0 unspecified atom stereocenters. The largest absolute Gasteiger partial charge is 0.351 e. The molecule has 0 saturated carbocycles. The second kappa shape index (κ2) is 7.97. The number of carbonyl (C=O) groups is 2. The van der Waals surface area contributed by atoms with Gasteiger partial charge < -0.3 is 10.2 Å². The van der Waals surface area contributed by atoms with E-state index in [-0.39, 0.29) is 17.7 Å². The van der Waals surface area contributed by atoms with Gasteiger partial charge in [-0.2, -0.15) is 0 Å². The summed E-state index contributed by atoms with van der Waals surface area (Å²) < 4.78 is 0. The highest BCUT2D eigenvalue weighted by Gasteiger charge is 2.20. The van der Waals surface area contributed by atoms with Crippen LogP contribution in [0, 0.1) is 0 Å². The summed E-state index contributed by atoms with van der Waals surface area (Å²) in [5, 5.41) is 2.99. The van der Waals surface area contributed by atoms with E-state index in [1.54, 1.807) is 0 Å². The minimum absolute atomic E-state index is 0.0634. The van der Waals surface area contributed by atoms with Crippen LogP contribution in [-0.2, 0) is 11.3 Å². The van der Waals surface area contributed by atoms with Gasteiger partial charge in [-0.15, -0.1) is 0 Å². The molecule has 130 valence electrons. The summed E-state index contributed by atoms with van der Waals surface area (Å²) in [5.74, 6) is 0.425. The van der Waals surface area contributed by atoms with Gasteiger partial charge in [-0.3, -0.25) is 9.59 Å². The smallest absolute Gasteiger partial charge is 0.251 e. The molecule has 1 fully saturated rings. The molecule has 4 heteroatoms. The first kappa shape index (κ1) is 17.2. The summed E-state index contributed by atoms with van der Waals surface area (Å²) >= 11 is 0. The van der Waals surface area contributed by atoms with Crippen molar-refractivity contribution in [3.63, 3.8) is 0 Å². The zero-order chi connectivity index (χ0) is 17.6. The highest BCUT2D eigenvalue weighted by molar-refractivity contribution is 5.94.